The van der Waals surface area contributed by atoms with E-state index in [4.69, 9.17) is 11.6 Å². The molecule has 0 saturated heterocycles. The lowest BCUT2D eigenvalue weighted by atomic mass is 10.2. The number of halogens is 1. The normalized spacial score (nSPS) is 11.8. The highest BCUT2D eigenvalue weighted by Gasteiger charge is 2.18. The Morgan fingerprint density at radius 2 is 2.00 bits per heavy atom. The second-order valence-electron chi connectivity index (χ2n) is 5.07. The van der Waals surface area contributed by atoms with Crippen LogP contribution in [0.4, 0.5) is 0 Å². The number of thiophene rings is 1. The molecule has 1 N–H and O–H groups in total. The summed E-state index contributed by atoms with van der Waals surface area (Å²) in [7, 11) is -3.57. The van der Waals surface area contributed by atoms with Gasteiger partial charge in [0, 0.05) is 27.9 Å². The molecule has 0 bridgehead atoms. The van der Waals surface area contributed by atoms with Gasteiger partial charge in [-0.2, -0.15) is 0 Å². The summed E-state index contributed by atoms with van der Waals surface area (Å²) in [5.41, 5.74) is 2.59. The molecule has 0 saturated carbocycles. The van der Waals surface area contributed by atoms with E-state index < -0.39 is 10.0 Å². The van der Waals surface area contributed by atoms with E-state index in [9.17, 15) is 8.42 Å². The molecule has 0 fully saturated rings. The third kappa shape index (κ3) is 3.87. The van der Waals surface area contributed by atoms with Crippen LogP contribution >= 0.6 is 34.3 Å². The van der Waals surface area contributed by atoms with E-state index in [2.05, 4.69) is 9.71 Å². The van der Waals surface area contributed by atoms with Gasteiger partial charge in [-0.15, -0.1) is 22.7 Å². The molecule has 0 radical (unpaired) electrons. The Morgan fingerprint density at radius 3 is 2.71 bits per heavy atom. The Labute approximate surface area is 154 Å². The highest BCUT2D eigenvalue weighted by atomic mass is 35.5. The Morgan fingerprint density at radius 1 is 1.21 bits per heavy atom. The molecule has 4 nitrogen and oxygen atoms in total. The predicted octanol–water partition coefficient (Wildman–Crippen LogP) is 4.57. The van der Waals surface area contributed by atoms with Crippen molar-refractivity contribution in [3.63, 3.8) is 0 Å². The lowest BCUT2D eigenvalue weighted by Crippen LogP contribution is -2.22. The smallest absolute Gasteiger partial charge is 0.241 e. The van der Waals surface area contributed by atoms with E-state index in [0.717, 1.165) is 28.2 Å². The minimum absolute atomic E-state index is 0.159. The van der Waals surface area contributed by atoms with Gasteiger partial charge in [-0.1, -0.05) is 36.7 Å². The molecular formula is C16H15ClN2O2S3. The molecule has 0 atom stereocenters. The first-order valence-corrected chi connectivity index (χ1v) is 10.9. The zero-order chi connectivity index (χ0) is 17.2. The van der Waals surface area contributed by atoms with Gasteiger partial charge in [0.15, 0.2) is 0 Å². The summed E-state index contributed by atoms with van der Waals surface area (Å²) in [6, 6.07) is 8.84. The summed E-state index contributed by atoms with van der Waals surface area (Å²) in [6.45, 7) is 2.20. The fourth-order valence-electron chi connectivity index (χ4n) is 2.06. The minimum atomic E-state index is -3.57. The maximum absolute atomic E-state index is 12.5. The van der Waals surface area contributed by atoms with Crippen molar-refractivity contribution in [2.45, 2.75) is 24.1 Å². The van der Waals surface area contributed by atoms with Crippen LogP contribution in [0.25, 0.3) is 10.6 Å². The first kappa shape index (κ1) is 17.6. The maximum Gasteiger partial charge on any atom is 0.250 e. The highest BCUT2D eigenvalue weighted by Crippen LogP contribution is 2.31. The van der Waals surface area contributed by atoms with Gasteiger partial charge in [-0.05, 0) is 24.1 Å². The Kier molecular flexibility index (Phi) is 5.36. The number of aromatic nitrogens is 1. The van der Waals surface area contributed by atoms with Gasteiger partial charge in [0.1, 0.15) is 9.22 Å². The summed E-state index contributed by atoms with van der Waals surface area (Å²) >= 11 is 8.78. The van der Waals surface area contributed by atoms with E-state index in [-0.39, 0.29) is 10.8 Å². The van der Waals surface area contributed by atoms with E-state index in [1.807, 2.05) is 29.8 Å². The predicted molar refractivity (Wildman–Crippen MR) is 100 cm³/mol. The van der Waals surface area contributed by atoms with E-state index in [1.54, 1.807) is 18.2 Å². The highest BCUT2D eigenvalue weighted by molar-refractivity contribution is 7.91. The Hall–Kier alpha value is -1.25. The molecular weight excluding hydrogens is 384 g/mol. The van der Waals surface area contributed by atoms with E-state index in [1.165, 1.54) is 22.7 Å². The summed E-state index contributed by atoms with van der Waals surface area (Å²) in [5.74, 6) is 0. The summed E-state index contributed by atoms with van der Waals surface area (Å²) in [4.78, 5) is 4.49. The standard InChI is InChI=1S/C16H15ClN2O2S3/c1-2-13-10-23-16(19-13)12-7-15(22-9-12)24(20,21)18-8-11-5-3-4-6-14(11)17/h3-7,9-10,18H,2,8H2,1H3. The zero-order valence-corrected chi connectivity index (χ0v) is 16.0. The van der Waals surface area contributed by atoms with Crippen molar-refractivity contribution in [1.29, 1.82) is 0 Å². The van der Waals surface area contributed by atoms with Crippen molar-refractivity contribution in [2.75, 3.05) is 0 Å². The summed E-state index contributed by atoms with van der Waals surface area (Å²) < 4.78 is 27.8. The maximum atomic E-state index is 12.5. The van der Waals surface area contributed by atoms with E-state index in [0.29, 0.717) is 5.02 Å². The fraction of sp³-hybridized carbons (Fsp3) is 0.188. The third-order valence-electron chi connectivity index (χ3n) is 3.41. The molecule has 0 unspecified atom stereocenters. The molecule has 3 rings (SSSR count). The number of hydrogen-bond donors (Lipinski definition) is 1. The average Bonchev–Trinajstić information content (AvgIpc) is 3.23. The van der Waals surface area contributed by atoms with Crippen LogP contribution in [-0.2, 0) is 23.0 Å². The molecule has 2 aromatic heterocycles. The molecule has 0 aliphatic carbocycles. The van der Waals surface area contributed by atoms with Crippen LogP contribution in [0.2, 0.25) is 5.02 Å². The van der Waals surface area contributed by atoms with E-state index >= 15 is 0 Å². The van der Waals surface area contributed by atoms with Crippen LogP contribution in [0, 0.1) is 0 Å². The molecule has 0 aliphatic heterocycles. The van der Waals surface area contributed by atoms with Crippen LogP contribution in [0.1, 0.15) is 18.2 Å². The van der Waals surface area contributed by atoms with Crippen molar-refractivity contribution in [3.8, 4) is 10.6 Å². The molecule has 1 aromatic carbocycles. The lowest BCUT2D eigenvalue weighted by molar-refractivity contribution is 0.583. The van der Waals surface area contributed by atoms with Gasteiger partial charge >= 0.3 is 0 Å². The van der Waals surface area contributed by atoms with Crippen LogP contribution in [-0.4, -0.2) is 13.4 Å². The van der Waals surface area contributed by atoms with Crippen molar-refractivity contribution in [3.05, 3.63) is 57.4 Å². The first-order valence-electron chi connectivity index (χ1n) is 7.26. The van der Waals surface area contributed by atoms with Gasteiger partial charge < -0.3 is 0 Å². The third-order valence-corrected chi connectivity index (χ3v) is 7.56. The van der Waals surface area contributed by atoms with Gasteiger partial charge in [0.05, 0.1) is 5.69 Å². The van der Waals surface area contributed by atoms with Gasteiger partial charge in [-0.25, -0.2) is 18.1 Å². The van der Waals surface area contributed by atoms with Gasteiger partial charge in [0.2, 0.25) is 10.0 Å². The van der Waals surface area contributed by atoms with Crippen LogP contribution in [0.3, 0.4) is 0 Å². The Balaban J connectivity index is 1.77. The van der Waals surface area contributed by atoms with Crippen LogP contribution in [0.5, 0.6) is 0 Å². The molecule has 24 heavy (non-hydrogen) atoms. The molecule has 0 amide bonds. The van der Waals surface area contributed by atoms with Gasteiger partial charge in [0.25, 0.3) is 0 Å². The Bertz CT molecular complexity index is 948. The minimum Gasteiger partial charge on any atom is -0.241 e. The number of thiazole rings is 1. The number of hydrogen-bond acceptors (Lipinski definition) is 5. The molecule has 0 aliphatic rings. The zero-order valence-electron chi connectivity index (χ0n) is 12.8. The van der Waals surface area contributed by atoms with Crippen molar-refractivity contribution in [1.82, 2.24) is 9.71 Å². The average molecular weight is 399 g/mol. The van der Waals surface area contributed by atoms with Gasteiger partial charge in [-0.3, -0.25) is 0 Å². The number of sulfonamides is 1. The second-order valence-corrected chi connectivity index (χ2v) is 9.24. The SMILES string of the molecule is CCc1csc(-c2csc(S(=O)(=O)NCc3ccccc3Cl)c2)n1. The summed E-state index contributed by atoms with van der Waals surface area (Å²) in [5, 5.41) is 5.21. The van der Waals surface area contributed by atoms with Crippen LogP contribution < -0.4 is 4.72 Å². The monoisotopic (exact) mass is 398 g/mol. The van der Waals surface area contributed by atoms with Crippen LogP contribution in [0.15, 0.2) is 45.3 Å². The number of nitrogens with one attached hydrogen (secondary N) is 1. The van der Waals surface area contributed by atoms with Crippen molar-refractivity contribution >= 4 is 44.3 Å². The topological polar surface area (TPSA) is 59.1 Å². The summed E-state index contributed by atoms with van der Waals surface area (Å²) in [6.07, 6.45) is 0.866. The fourth-order valence-corrected chi connectivity index (χ4v) is 5.44. The molecule has 3 aromatic rings. The number of nitrogens with zero attached hydrogens (tertiary/aromatic N) is 1. The lowest BCUT2D eigenvalue weighted by Gasteiger charge is -2.06. The number of benzene rings is 1. The van der Waals surface area contributed by atoms with Crippen molar-refractivity contribution < 1.29 is 8.42 Å². The molecule has 8 heteroatoms. The molecule has 126 valence electrons. The quantitative estimate of drug-likeness (QED) is 0.661. The first-order chi connectivity index (χ1) is 11.5. The largest absolute Gasteiger partial charge is 0.250 e. The van der Waals surface area contributed by atoms with Crippen molar-refractivity contribution in [2.24, 2.45) is 0 Å². The number of rotatable bonds is 6. The molecule has 2 heterocycles. The number of aryl methyl sites for hydroxylation is 1. The molecule has 0 spiro atoms. The second kappa shape index (κ2) is 7.33.